The molecule has 4 nitrogen and oxygen atoms in total. The quantitative estimate of drug-likeness (QED) is 0.590. The molecule has 23 heavy (non-hydrogen) atoms. The lowest BCUT2D eigenvalue weighted by atomic mass is 9.56. The van der Waals surface area contributed by atoms with Gasteiger partial charge < -0.3 is 16.2 Å². The van der Waals surface area contributed by atoms with Crippen LogP contribution in [0.2, 0.25) is 0 Å². The van der Waals surface area contributed by atoms with Crippen LogP contribution in [-0.2, 0) is 0 Å². The van der Waals surface area contributed by atoms with Crippen LogP contribution < -0.4 is 11.1 Å². The van der Waals surface area contributed by atoms with Gasteiger partial charge in [0.1, 0.15) is 0 Å². The minimum absolute atomic E-state index is 0.419. The largest absolute Gasteiger partial charge is 0.387 e. The summed E-state index contributed by atoms with van der Waals surface area (Å²) in [5.41, 5.74) is 6.43. The molecule has 2 bridgehead atoms. The molecule has 4 N–H and O–H groups in total. The van der Waals surface area contributed by atoms with Gasteiger partial charge >= 0.3 is 0 Å². The first-order chi connectivity index (χ1) is 11.2. The van der Waals surface area contributed by atoms with E-state index >= 15 is 0 Å². The van der Waals surface area contributed by atoms with Crippen molar-refractivity contribution < 1.29 is 5.11 Å². The van der Waals surface area contributed by atoms with E-state index in [2.05, 4.69) is 10.3 Å². The predicted molar refractivity (Wildman–Crippen MR) is 88.7 cm³/mol. The molecule has 5 aliphatic carbocycles. The van der Waals surface area contributed by atoms with Crippen molar-refractivity contribution in [2.24, 2.45) is 58.1 Å². The van der Waals surface area contributed by atoms with Gasteiger partial charge in [-0.25, -0.2) is 0 Å². The second kappa shape index (κ2) is 3.92. The minimum Gasteiger partial charge on any atom is -0.387 e. The van der Waals surface area contributed by atoms with Crippen molar-refractivity contribution in [1.82, 2.24) is 0 Å². The average Bonchev–Trinajstić information content (AvgIpc) is 3.05. The van der Waals surface area contributed by atoms with E-state index in [1.165, 1.54) is 12.8 Å². The normalized spacial score (nSPS) is 53.9. The Hall–Kier alpha value is -1.55. The maximum absolute atomic E-state index is 11.5. The molecule has 0 heterocycles. The van der Waals surface area contributed by atoms with Gasteiger partial charge in [0.25, 0.3) is 0 Å². The Kier molecular flexibility index (Phi) is 2.18. The molecule has 9 atom stereocenters. The summed E-state index contributed by atoms with van der Waals surface area (Å²) in [4.78, 5) is 4.55. The van der Waals surface area contributed by atoms with Crippen LogP contribution in [0.15, 0.2) is 35.3 Å². The summed E-state index contributed by atoms with van der Waals surface area (Å²) in [6.45, 7) is 0.480. The van der Waals surface area contributed by atoms with Crippen LogP contribution in [-0.4, -0.2) is 23.2 Å². The van der Waals surface area contributed by atoms with Gasteiger partial charge in [0.2, 0.25) is 0 Å². The van der Waals surface area contributed by atoms with E-state index in [1.807, 2.05) is 30.3 Å². The fourth-order valence-electron chi connectivity index (χ4n) is 7.86. The van der Waals surface area contributed by atoms with E-state index in [0.717, 1.165) is 41.2 Å². The summed E-state index contributed by atoms with van der Waals surface area (Å²) in [5.74, 6) is 6.53. The monoisotopic (exact) mass is 309 g/mol. The molecule has 5 fully saturated rings. The molecule has 9 unspecified atom stereocenters. The maximum atomic E-state index is 11.5. The van der Waals surface area contributed by atoms with Gasteiger partial charge in [-0.3, -0.25) is 4.99 Å². The third kappa shape index (κ3) is 1.33. The van der Waals surface area contributed by atoms with E-state index in [-0.39, 0.29) is 0 Å². The number of rotatable bonds is 3. The fourth-order valence-corrected chi connectivity index (χ4v) is 7.86. The highest BCUT2D eigenvalue weighted by atomic mass is 16.3. The van der Waals surface area contributed by atoms with Crippen LogP contribution in [0.1, 0.15) is 12.8 Å². The zero-order valence-corrected chi connectivity index (χ0v) is 13.1. The van der Waals surface area contributed by atoms with Crippen molar-refractivity contribution >= 4 is 11.6 Å². The molecule has 4 heteroatoms. The highest BCUT2D eigenvalue weighted by molar-refractivity contribution is 5.92. The summed E-state index contributed by atoms with van der Waals surface area (Å²) in [7, 11) is 0. The Balaban J connectivity index is 1.25. The smallest absolute Gasteiger partial charge is 0.193 e. The minimum atomic E-state index is -0.576. The van der Waals surface area contributed by atoms with Crippen molar-refractivity contribution in [2.45, 2.75) is 18.4 Å². The number of nitrogens with one attached hydrogen (secondary N) is 1. The zero-order chi connectivity index (χ0) is 15.3. The predicted octanol–water partition coefficient (Wildman–Crippen LogP) is 1.92. The summed E-state index contributed by atoms with van der Waals surface area (Å²) in [6, 6.07) is 9.86. The lowest BCUT2D eigenvalue weighted by Gasteiger charge is -2.51. The molecule has 0 aliphatic heterocycles. The highest BCUT2D eigenvalue weighted by Crippen LogP contribution is 2.85. The highest BCUT2D eigenvalue weighted by Gasteiger charge is 2.84. The molecule has 0 spiro atoms. The van der Waals surface area contributed by atoms with Crippen molar-refractivity contribution in [3.05, 3.63) is 30.3 Å². The number of fused-ring (bicyclic) bond motifs is 2. The Bertz CT molecular complexity index is 698. The van der Waals surface area contributed by atoms with Crippen molar-refractivity contribution in [2.75, 3.05) is 11.9 Å². The van der Waals surface area contributed by atoms with E-state index in [9.17, 15) is 5.11 Å². The molecule has 0 saturated heterocycles. The standard InChI is InChI=1S/C19H23N3O/c20-18(22-9-4-2-1-3-5-9)21-8-19(23)16-11-7-12-14-10(11)6-13(16)15(14)17(12)19/h1-5,10-17,23H,6-8H2,(H3,20,21,22). The number of nitrogens with two attached hydrogens (primary N) is 1. The van der Waals surface area contributed by atoms with Gasteiger partial charge in [-0.1, -0.05) is 18.2 Å². The molecule has 0 aromatic heterocycles. The van der Waals surface area contributed by atoms with Crippen LogP contribution >= 0.6 is 0 Å². The molecule has 5 saturated carbocycles. The number of hydrogen-bond donors (Lipinski definition) is 3. The molecule has 0 amide bonds. The van der Waals surface area contributed by atoms with Gasteiger partial charge in [-0.15, -0.1) is 0 Å². The number of nitrogens with zero attached hydrogens (tertiary/aromatic N) is 1. The first-order valence-corrected chi connectivity index (χ1v) is 9.03. The van der Waals surface area contributed by atoms with Crippen LogP contribution in [0.3, 0.4) is 0 Å². The van der Waals surface area contributed by atoms with Crippen molar-refractivity contribution in [1.29, 1.82) is 0 Å². The molecular weight excluding hydrogens is 286 g/mol. The Morgan fingerprint density at radius 1 is 1.09 bits per heavy atom. The topological polar surface area (TPSA) is 70.6 Å². The Morgan fingerprint density at radius 2 is 1.83 bits per heavy atom. The lowest BCUT2D eigenvalue weighted by molar-refractivity contribution is -0.123. The van der Waals surface area contributed by atoms with Crippen molar-refractivity contribution in [3.63, 3.8) is 0 Å². The van der Waals surface area contributed by atoms with E-state index in [1.54, 1.807) is 0 Å². The van der Waals surface area contributed by atoms with Crippen LogP contribution in [0, 0.1) is 47.3 Å². The Morgan fingerprint density at radius 3 is 2.65 bits per heavy atom. The number of guanidine groups is 1. The van der Waals surface area contributed by atoms with Gasteiger partial charge in [-0.05, 0) is 72.3 Å². The zero-order valence-electron chi connectivity index (χ0n) is 13.1. The number of benzene rings is 1. The molecule has 1 aromatic carbocycles. The molecule has 6 rings (SSSR count). The summed E-state index contributed by atoms with van der Waals surface area (Å²) < 4.78 is 0. The summed E-state index contributed by atoms with van der Waals surface area (Å²) in [5, 5.41) is 14.6. The average molecular weight is 309 g/mol. The third-order valence-corrected chi connectivity index (χ3v) is 8.07. The number of hydrogen-bond acceptors (Lipinski definition) is 2. The number of aliphatic hydroxyl groups is 1. The Labute approximate surface area is 136 Å². The van der Waals surface area contributed by atoms with E-state index < -0.39 is 5.60 Å². The van der Waals surface area contributed by atoms with Crippen LogP contribution in [0.25, 0.3) is 0 Å². The summed E-state index contributed by atoms with van der Waals surface area (Å²) in [6.07, 6.45) is 2.78. The second-order valence-corrected chi connectivity index (χ2v) is 8.52. The molecular formula is C19H23N3O. The van der Waals surface area contributed by atoms with Gasteiger partial charge in [0.05, 0.1) is 12.1 Å². The first-order valence-electron chi connectivity index (χ1n) is 9.03. The van der Waals surface area contributed by atoms with Crippen LogP contribution in [0.5, 0.6) is 0 Å². The SMILES string of the molecule is NC(=NCC1(O)C2C3CC4C5C3CC2C5C41)Nc1ccccc1. The van der Waals surface area contributed by atoms with Gasteiger partial charge in [-0.2, -0.15) is 0 Å². The van der Waals surface area contributed by atoms with E-state index in [0.29, 0.717) is 24.3 Å². The molecule has 0 radical (unpaired) electrons. The molecule has 120 valence electrons. The fraction of sp³-hybridized carbons (Fsp3) is 0.632. The van der Waals surface area contributed by atoms with E-state index in [4.69, 9.17) is 5.73 Å². The van der Waals surface area contributed by atoms with Gasteiger partial charge in [0.15, 0.2) is 5.96 Å². The summed E-state index contributed by atoms with van der Waals surface area (Å²) >= 11 is 0. The number of anilines is 1. The third-order valence-electron chi connectivity index (χ3n) is 8.07. The maximum Gasteiger partial charge on any atom is 0.193 e. The first kappa shape index (κ1) is 12.8. The van der Waals surface area contributed by atoms with Gasteiger partial charge in [0, 0.05) is 5.69 Å². The number of aliphatic imine (C=N–C) groups is 1. The lowest BCUT2D eigenvalue weighted by Crippen LogP contribution is -2.56. The molecule has 5 aliphatic rings. The number of para-hydroxylation sites is 1. The van der Waals surface area contributed by atoms with Crippen molar-refractivity contribution in [3.8, 4) is 0 Å². The second-order valence-electron chi connectivity index (χ2n) is 8.52. The van der Waals surface area contributed by atoms with Crippen LogP contribution in [0.4, 0.5) is 5.69 Å². The molecule has 1 aromatic rings.